The molecule has 0 unspecified atom stereocenters. The molecule has 3 rings (SSSR count). The van der Waals surface area contributed by atoms with Crippen LogP contribution in [-0.4, -0.2) is 30.3 Å². The normalized spacial score (nSPS) is 20.5. The molecular formula is C17H16FN3O2. The molecular weight excluding hydrogens is 297 g/mol. The summed E-state index contributed by atoms with van der Waals surface area (Å²) in [6.45, 7) is 1.01. The largest absolute Gasteiger partial charge is 0.488 e. The summed E-state index contributed by atoms with van der Waals surface area (Å²) in [7, 11) is 0. The summed E-state index contributed by atoms with van der Waals surface area (Å²) >= 11 is 0. The molecule has 0 bridgehead atoms. The zero-order valence-electron chi connectivity index (χ0n) is 12.4. The SMILES string of the molecule is N#Cc1cccnc1N[C@@H]1COCC[C@@H]1Oc1cccc(F)c1. The minimum atomic E-state index is -0.337. The molecule has 1 aromatic carbocycles. The molecule has 0 spiro atoms. The average Bonchev–Trinajstić information content (AvgIpc) is 2.57. The lowest BCUT2D eigenvalue weighted by Crippen LogP contribution is -2.46. The monoisotopic (exact) mass is 313 g/mol. The summed E-state index contributed by atoms with van der Waals surface area (Å²) in [5.41, 5.74) is 0.461. The predicted octanol–water partition coefficient (Wildman–Crippen LogP) is 2.74. The van der Waals surface area contributed by atoms with Crippen molar-refractivity contribution in [2.75, 3.05) is 18.5 Å². The number of anilines is 1. The van der Waals surface area contributed by atoms with Crippen molar-refractivity contribution in [3.63, 3.8) is 0 Å². The molecule has 1 aliphatic heterocycles. The molecule has 1 fully saturated rings. The van der Waals surface area contributed by atoms with E-state index in [1.165, 1.54) is 12.1 Å². The van der Waals surface area contributed by atoms with Gasteiger partial charge in [0.05, 0.1) is 24.8 Å². The molecule has 6 heteroatoms. The number of pyridine rings is 1. The third-order valence-electron chi connectivity index (χ3n) is 3.63. The van der Waals surface area contributed by atoms with E-state index >= 15 is 0 Å². The summed E-state index contributed by atoms with van der Waals surface area (Å²) in [6.07, 6.45) is 2.09. The van der Waals surface area contributed by atoms with Crippen LogP contribution < -0.4 is 10.1 Å². The maximum atomic E-state index is 13.3. The fourth-order valence-corrected chi connectivity index (χ4v) is 2.50. The van der Waals surface area contributed by atoms with Crippen molar-refractivity contribution in [3.05, 3.63) is 54.0 Å². The summed E-state index contributed by atoms with van der Waals surface area (Å²) < 4.78 is 24.7. The molecule has 0 amide bonds. The molecule has 1 aliphatic rings. The molecule has 2 atom stereocenters. The second-order valence-corrected chi connectivity index (χ2v) is 5.24. The van der Waals surface area contributed by atoms with Crippen LogP contribution in [0.5, 0.6) is 5.75 Å². The first-order valence-electron chi connectivity index (χ1n) is 7.38. The van der Waals surface area contributed by atoms with Crippen LogP contribution >= 0.6 is 0 Å². The molecule has 2 aromatic rings. The van der Waals surface area contributed by atoms with Crippen molar-refractivity contribution < 1.29 is 13.9 Å². The smallest absolute Gasteiger partial charge is 0.144 e. The number of nitriles is 1. The van der Waals surface area contributed by atoms with Crippen molar-refractivity contribution in [1.82, 2.24) is 4.98 Å². The van der Waals surface area contributed by atoms with Crippen LogP contribution in [0.25, 0.3) is 0 Å². The first-order valence-corrected chi connectivity index (χ1v) is 7.38. The number of ether oxygens (including phenoxy) is 2. The standard InChI is InChI=1S/C17H16FN3O2/c18-13-4-1-5-14(9-13)23-16-6-8-22-11-15(16)21-17-12(10-19)3-2-7-20-17/h1-5,7,9,15-16H,6,8,11H2,(H,20,21)/t15-,16+/m1/s1. The minimum absolute atomic E-state index is 0.172. The number of hydrogen-bond acceptors (Lipinski definition) is 5. The minimum Gasteiger partial charge on any atom is -0.488 e. The average molecular weight is 313 g/mol. The highest BCUT2D eigenvalue weighted by Crippen LogP contribution is 2.22. The van der Waals surface area contributed by atoms with Crippen LogP contribution in [0.2, 0.25) is 0 Å². The molecule has 1 aromatic heterocycles. The van der Waals surface area contributed by atoms with E-state index in [1.54, 1.807) is 30.5 Å². The van der Waals surface area contributed by atoms with E-state index in [4.69, 9.17) is 14.7 Å². The van der Waals surface area contributed by atoms with Gasteiger partial charge >= 0.3 is 0 Å². The number of benzene rings is 1. The van der Waals surface area contributed by atoms with Crippen LogP contribution in [0.3, 0.4) is 0 Å². The van der Waals surface area contributed by atoms with Gasteiger partial charge in [0.2, 0.25) is 0 Å². The Morgan fingerprint density at radius 2 is 2.26 bits per heavy atom. The van der Waals surface area contributed by atoms with E-state index in [-0.39, 0.29) is 18.0 Å². The van der Waals surface area contributed by atoms with Crippen LogP contribution in [0.1, 0.15) is 12.0 Å². The van der Waals surface area contributed by atoms with Gasteiger partial charge < -0.3 is 14.8 Å². The Balaban J connectivity index is 1.75. The summed E-state index contributed by atoms with van der Waals surface area (Å²) in [4.78, 5) is 4.19. The van der Waals surface area contributed by atoms with Gasteiger partial charge in [-0.05, 0) is 24.3 Å². The molecule has 1 N–H and O–H groups in total. The molecule has 1 saturated heterocycles. The molecule has 0 aliphatic carbocycles. The van der Waals surface area contributed by atoms with Crippen LogP contribution in [0, 0.1) is 17.1 Å². The van der Waals surface area contributed by atoms with E-state index < -0.39 is 0 Å². The van der Waals surface area contributed by atoms with Crippen molar-refractivity contribution in [2.45, 2.75) is 18.6 Å². The van der Waals surface area contributed by atoms with Gasteiger partial charge in [-0.25, -0.2) is 9.37 Å². The van der Waals surface area contributed by atoms with Crippen molar-refractivity contribution >= 4 is 5.82 Å². The Bertz CT molecular complexity index is 717. The Hall–Kier alpha value is -2.65. The van der Waals surface area contributed by atoms with Gasteiger partial charge in [0.25, 0.3) is 0 Å². The Kier molecular flexibility index (Phi) is 4.69. The van der Waals surface area contributed by atoms with Gasteiger partial charge in [-0.3, -0.25) is 0 Å². The van der Waals surface area contributed by atoms with Crippen LogP contribution in [0.4, 0.5) is 10.2 Å². The number of rotatable bonds is 4. The van der Waals surface area contributed by atoms with E-state index in [0.717, 1.165) is 0 Å². The van der Waals surface area contributed by atoms with Gasteiger partial charge in [-0.2, -0.15) is 5.26 Å². The lowest BCUT2D eigenvalue weighted by Gasteiger charge is -2.32. The van der Waals surface area contributed by atoms with Crippen LogP contribution in [-0.2, 0) is 4.74 Å². The highest BCUT2D eigenvalue weighted by Gasteiger charge is 2.28. The van der Waals surface area contributed by atoms with E-state index in [0.29, 0.717) is 36.8 Å². The highest BCUT2D eigenvalue weighted by molar-refractivity contribution is 5.52. The molecule has 0 saturated carbocycles. The van der Waals surface area contributed by atoms with Gasteiger partial charge in [0.15, 0.2) is 0 Å². The second-order valence-electron chi connectivity index (χ2n) is 5.24. The molecule has 2 heterocycles. The summed E-state index contributed by atoms with van der Waals surface area (Å²) in [6, 6.07) is 11.4. The lowest BCUT2D eigenvalue weighted by molar-refractivity contribution is 0.0145. The molecule has 0 radical (unpaired) electrons. The Labute approximate surface area is 133 Å². The van der Waals surface area contributed by atoms with Crippen molar-refractivity contribution in [1.29, 1.82) is 5.26 Å². The van der Waals surface area contributed by atoms with Gasteiger partial charge in [0.1, 0.15) is 29.6 Å². The molecule has 23 heavy (non-hydrogen) atoms. The van der Waals surface area contributed by atoms with Gasteiger partial charge in [-0.1, -0.05) is 6.07 Å². The summed E-state index contributed by atoms with van der Waals surface area (Å²) in [5, 5.41) is 12.4. The first kappa shape index (κ1) is 15.3. The third-order valence-corrected chi connectivity index (χ3v) is 3.63. The second kappa shape index (κ2) is 7.07. The number of nitrogens with zero attached hydrogens (tertiary/aromatic N) is 2. The summed E-state index contributed by atoms with van der Waals surface area (Å²) in [5.74, 6) is 0.638. The van der Waals surface area contributed by atoms with Gasteiger partial charge in [-0.15, -0.1) is 0 Å². The highest BCUT2D eigenvalue weighted by atomic mass is 19.1. The number of halogens is 1. The first-order chi connectivity index (χ1) is 11.3. The number of hydrogen-bond donors (Lipinski definition) is 1. The van der Waals surface area contributed by atoms with Crippen molar-refractivity contribution in [3.8, 4) is 11.8 Å². The molecule has 118 valence electrons. The number of nitrogens with one attached hydrogen (secondary N) is 1. The zero-order chi connectivity index (χ0) is 16.1. The third kappa shape index (κ3) is 3.76. The zero-order valence-corrected chi connectivity index (χ0v) is 12.4. The number of aromatic nitrogens is 1. The van der Waals surface area contributed by atoms with Crippen LogP contribution in [0.15, 0.2) is 42.6 Å². The Morgan fingerprint density at radius 1 is 1.35 bits per heavy atom. The maximum absolute atomic E-state index is 13.3. The van der Waals surface area contributed by atoms with E-state index in [1.807, 2.05) is 0 Å². The maximum Gasteiger partial charge on any atom is 0.144 e. The molecule has 5 nitrogen and oxygen atoms in total. The lowest BCUT2D eigenvalue weighted by atomic mass is 10.1. The fraction of sp³-hybridized carbons (Fsp3) is 0.294. The fourth-order valence-electron chi connectivity index (χ4n) is 2.50. The van der Waals surface area contributed by atoms with E-state index in [2.05, 4.69) is 16.4 Å². The van der Waals surface area contributed by atoms with Gasteiger partial charge in [0, 0.05) is 18.7 Å². The quantitative estimate of drug-likeness (QED) is 0.940. The van der Waals surface area contributed by atoms with E-state index in [9.17, 15) is 4.39 Å². The van der Waals surface area contributed by atoms with Crippen molar-refractivity contribution in [2.24, 2.45) is 0 Å². The Morgan fingerprint density at radius 3 is 3.09 bits per heavy atom. The topological polar surface area (TPSA) is 67.2 Å². The predicted molar refractivity (Wildman–Crippen MR) is 82.6 cm³/mol.